The highest BCUT2D eigenvalue weighted by Crippen LogP contribution is 2.21. The molecule has 88 valence electrons. The van der Waals surface area contributed by atoms with Crippen LogP contribution in [0.1, 0.15) is 44.2 Å². The first-order valence-electron chi connectivity index (χ1n) is 6.21. The Labute approximate surface area is 97.0 Å². The molecule has 1 aromatic heterocycles. The SMILES string of the molecule is NCc1cccc(OC2CCCCCC2)n1. The lowest BCUT2D eigenvalue weighted by Gasteiger charge is -2.16. The molecule has 0 saturated heterocycles. The highest BCUT2D eigenvalue weighted by molar-refractivity contribution is 5.15. The van der Waals surface area contributed by atoms with E-state index >= 15 is 0 Å². The fraction of sp³-hybridized carbons (Fsp3) is 0.615. The zero-order valence-corrected chi connectivity index (χ0v) is 9.69. The van der Waals surface area contributed by atoms with E-state index in [2.05, 4.69) is 4.98 Å². The molecule has 0 amide bonds. The fourth-order valence-electron chi connectivity index (χ4n) is 2.17. The lowest BCUT2D eigenvalue weighted by atomic mass is 10.1. The number of aromatic nitrogens is 1. The molecule has 16 heavy (non-hydrogen) atoms. The van der Waals surface area contributed by atoms with Crippen molar-refractivity contribution in [2.24, 2.45) is 5.73 Å². The minimum Gasteiger partial charge on any atom is -0.474 e. The van der Waals surface area contributed by atoms with Crippen LogP contribution in [0.15, 0.2) is 18.2 Å². The van der Waals surface area contributed by atoms with E-state index in [4.69, 9.17) is 10.5 Å². The summed E-state index contributed by atoms with van der Waals surface area (Å²) in [5.41, 5.74) is 6.45. The van der Waals surface area contributed by atoms with Crippen molar-refractivity contribution >= 4 is 0 Å². The Morgan fingerprint density at radius 3 is 2.62 bits per heavy atom. The summed E-state index contributed by atoms with van der Waals surface area (Å²) in [7, 11) is 0. The molecule has 0 unspecified atom stereocenters. The first-order valence-corrected chi connectivity index (χ1v) is 6.21. The van der Waals surface area contributed by atoms with Crippen LogP contribution in [0.25, 0.3) is 0 Å². The van der Waals surface area contributed by atoms with E-state index in [0.29, 0.717) is 12.6 Å². The molecule has 1 aliphatic rings. The van der Waals surface area contributed by atoms with E-state index < -0.39 is 0 Å². The van der Waals surface area contributed by atoms with Crippen LogP contribution in [-0.4, -0.2) is 11.1 Å². The van der Waals surface area contributed by atoms with Crippen molar-refractivity contribution in [3.8, 4) is 5.88 Å². The molecule has 0 atom stereocenters. The van der Waals surface area contributed by atoms with E-state index in [0.717, 1.165) is 24.4 Å². The smallest absolute Gasteiger partial charge is 0.213 e. The number of ether oxygens (including phenoxy) is 1. The van der Waals surface area contributed by atoms with Crippen LogP contribution in [0.4, 0.5) is 0 Å². The lowest BCUT2D eigenvalue weighted by Crippen LogP contribution is -2.16. The van der Waals surface area contributed by atoms with E-state index in [1.54, 1.807) is 0 Å². The third kappa shape index (κ3) is 3.20. The summed E-state index contributed by atoms with van der Waals surface area (Å²) in [4.78, 5) is 4.37. The van der Waals surface area contributed by atoms with Crippen LogP contribution in [0, 0.1) is 0 Å². The molecule has 0 bridgehead atoms. The zero-order valence-electron chi connectivity index (χ0n) is 9.69. The van der Waals surface area contributed by atoms with Gasteiger partial charge in [-0.05, 0) is 31.7 Å². The molecule has 0 radical (unpaired) electrons. The largest absolute Gasteiger partial charge is 0.474 e. The van der Waals surface area contributed by atoms with Crippen molar-refractivity contribution in [1.29, 1.82) is 0 Å². The average molecular weight is 220 g/mol. The number of pyridine rings is 1. The molecule has 3 nitrogen and oxygen atoms in total. The van der Waals surface area contributed by atoms with Gasteiger partial charge >= 0.3 is 0 Å². The van der Waals surface area contributed by atoms with Crippen molar-refractivity contribution in [1.82, 2.24) is 4.98 Å². The molecule has 3 heteroatoms. The van der Waals surface area contributed by atoms with E-state index in [-0.39, 0.29) is 0 Å². The van der Waals surface area contributed by atoms with E-state index in [9.17, 15) is 0 Å². The van der Waals surface area contributed by atoms with Gasteiger partial charge in [-0.1, -0.05) is 18.9 Å². The maximum Gasteiger partial charge on any atom is 0.213 e. The minimum absolute atomic E-state index is 0.350. The first-order chi connectivity index (χ1) is 7.88. The first kappa shape index (κ1) is 11.4. The zero-order chi connectivity index (χ0) is 11.2. The highest BCUT2D eigenvalue weighted by atomic mass is 16.5. The quantitative estimate of drug-likeness (QED) is 0.797. The molecule has 1 aromatic rings. The highest BCUT2D eigenvalue weighted by Gasteiger charge is 2.14. The van der Waals surface area contributed by atoms with Crippen molar-refractivity contribution in [2.45, 2.75) is 51.2 Å². The Bertz CT molecular complexity index is 319. The van der Waals surface area contributed by atoms with Gasteiger partial charge in [0.05, 0.1) is 5.69 Å². The third-order valence-electron chi connectivity index (χ3n) is 3.08. The van der Waals surface area contributed by atoms with Gasteiger partial charge in [0.2, 0.25) is 5.88 Å². The van der Waals surface area contributed by atoms with Gasteiger partial charge in [0.1, 0.15) is 6.10 Å². The fourth-order valence-corrected chi connectivity index (χ4v) is 2.17. The number of hydrogen-bond donors (Lipinski definition) is 1. The van der Waals surface area contributed by atoms with Gasteiger partial charge in [-0.3, -0.25) is 0 Å². The van der Waals surface area contributed by atoms with Crippen LogP contribution in [0.5, 0.6) is 5.88 Å². The van der Waals surface area contributed by atoms with Crippen LogP contribution >= 0.6 is 0 Å². The molecule has 0 spiro atoms. The van der Waals surface area contributed by atoms with Crippen molar-refractivity contribution < 1.29 is 4.74 Å². The Morgan fingerprint density at radius 1 is 1.19 bits per heavy atom. The standard InChI is InChI=1S/C13H20N2O/c14-10-11-6-5-9-13(15-11)16-12-7-3-1-2-4-8-12/h5-6,9,12H,1-4,7-8,10,14H2. The molecular formula is C13H20N2O. The molecule has 0 aromatic carbocycles. The third-order valence-corrected chi connectivity index (χ3v) is 3.08. The molecule has 0 aliphatic heterocycles. The molecule has 1 aliphatic carbocycles. The van der Waals surface area contributed by atoms with Crippen LogP contribution in [0.2, 0.25) is 0 Å². The molecule has 1 heterocycles. The minimum atomic E-state index is 0.350. The predicted molar refractivity (Wildman–Crippen MR) is 64.2 cm³/mol. The van der Waals surface area contributed by atoms with E-state index in [1.807, 2.05) is 18.2 Å². The summed E-state index contributed by atoms with van der Waals surface area (Å²) in [5, 5.41) is 0. The summed E-state index contributed by atoms with van der Waals surface area (Å²) < 4.78 is 5.91. The number of hydrogen-bond acceptors (Lipinski definition) is 3. The van der Waals surface area contributed by atoms with Crippen molar-refractivity contribution in [2.75, 3.05) is 0 Å². The van der Waals surface area contributed by atoms with Gasteiger partial charge in [0.15, 0.2) is 0 Å². The summed E-state index contributed by atoms with van der Waals surface area (Å²) in [6.45, 7) is 0.474. The van der Waals surface area contributed by atoms with Gasteiger partial charge in [-0.2, -0.15) is 0 Å². The topological polar surface area (TPSA) is 48.1 Å². The van der Waals surface area contributed by atoms with Crippen molar-refractivity contribution in [3.63, 3.8) is 0 Å². The normalized spacial score (nSPS) is 18.1. The van der Waals surface area contributed by atoms with Gasteiger partial charge in [0.25, 0.3) is 0 Å². The number of rotatable bonds is 3. The molecule has 2 rings (SSSR count). The summed E-state index contributed by atoms with van der Waals surface area (Å²) >= 11 is 0. The molecule has 1 saturated carbocycles. The van der Waals surface area contributed by atoms with Gasteiger partial charge in [0, 0.05) is 12.6 Å². The molecule has 2 N–H and O–H groups in total. The van der Waals surface area contributed by atoms with Crippen LogP contribution in [0.3, 0.4) is 0 Å². The second kappa shape index (κ2) is 5.85. The predicted octanol–water partition coefficient (Wildman–Crippen LogP) is 2.64. The molecule has 1 fully saturated rings. The van der Waals surface area contributed by atoms with Crippen LogP contribution in [-0.2, 0) is 6.54 Å². The Balaban J connectivity index is 1.96. The summed E-state index contributed by atoms with van der Waals surface area (Å²) in [6, 6.07) is 5.81. The Kier molecular flexibility index (Phi) is 4.17. The van der Waals surface area contributed by atoms with Crippen LogP contribution < -0.4 is 10.5 Å². The monoisotopic (exact) mass is 220 g/mol. The Hall–Kier alpha value is -1.09. The summed E-state index contributed by atoms with van der Waals surface area (Å²) in [5.74, 6) is 0.731. The van der Waals surface area contributed by atoms with Crippen molar-refractivity contribution in [3.05, 3.63) is 23.9 Å². The lowest BCUT2D eigenvalue weighted by molar-refractivity contribution is 0.176. The van der Waals surface area contributed by atoms with Gasteiger partial charge in [-0.25, -0.2) is 4.98 Å². The Morgan fingerprint density at radius 2 is 1.94 bits per heavy atom. The summed E-state index contributed by atoms with van der Waals surface area (Å²) in [6.07, 6.45) is 7.92. The number of nitrogens with two attached hydrogens (primary N) is 1. The van der Waals surface area contributed by atoms with E-state index in [1.165, 1.54) is 25.7 Å². The van der Waals surface area contributed by atoms with Gasteiger partial charge in [-0.15, -0.1) is 0 Å². The molecular weight excluding hydrogens is 200 g/mol. The second-order valence-electron chi connectivity index (χ2n) is 4.40. The maximum absolute atomic E-state index is 5.91. The van der Waals surface area contributed by atoms with Gasteiger partial charge < -0.3 is 10.5 Å². The second-order valence-corrected chi connectivity index (χ2v) is 4.40. The average Bonchev–Trinajstić information content (AvgIpc) is 2.58. The maximum atomic E-state index is 5.91. The number of nitrogens with zero attached hydrogens (tertiary/aromatic N) is 1.